The summed E-state index contributed by atoms with van der Waals surface area (Å²) in [5, 5.41) is 8.29. The summed E-state index contributed by atoms with van der Waals surface area (Å²) in [4.78, 5) is 0. The maximum Gasteiger partial charge on any atom is 0.121 e. The molecule has 2 aromatic rings. The van der Waals surface area contributed by atoms with Gasteiger partial charge in [0.2, 0.25) is 0 Å². The highest BCUT2D eigenvalue weighted by Crippen LogP contribution is 2.21. The van der Waals surface area contributed by atoms with E-state index in [1.807, 2.05) is 18.2 Å². The number of hydrogen-bond acceptors (Lipinski definition) is 3. The molecule has 3 N–H and O–H groups in total. The van der Waals surface area contributed by atoms with Crippen molar-refractivity contribution in [3.05, 3.63) is 23.9 Å². The second-order valence-electron chi connectivity index (χ2n) is 3.12. The molecule has 2 rings (SSSR count). The number of nitrogens with zero attached hydrogens (tertiary/aromatic N) is 1. The van der Waals surface area contributed by atoms with Crippen molar-refractivity contribution in [2.24, 2.45) is 5.73 Å². The molecule has 4 nitrogen and oxygen atoms in total. The third-order valence-electron chi connectivity index (χ3n) is 2.24. The highest BCUT2D eigenvalue weighted by atomic mass is 16.5. The summed E-state index contributed by atoms with van der Waals surface area (Å²) < 4.78 is 5.11. The Kier molecular flexibility index (Phi) is 2.37. The Labute approximate surface area is 82.1 Å². The van der Waals surface area contributed by atoms with E-state index in [0.29, 0.717) is 6.54 Å². The first-order chi connectivity index (χ1) is 6.85. The number of H-pyrrole nitrogens is 1. The lowest BCUT2D eigenvalue weighted by Gasteiger charge is -1.98. The van der Waals surface area contributed by atoms with Crippen molar-refractivity contribution >= 4 is 10.9 Å². The van der Waals surface area contributed by atoms with E-state index < -0.39 is 0 Å². The third kappa shape index (κ3) is 1.44. The van der Waals surface area contributed by atoms with Crippen LogP contribution >= 0.6 is 0 Å². The molecule has 1 heterocycles. The van der Waals surface area contributed by atoms with E-state index >= 15 is 0 Å². The van der Waals surface area contributed by atoms with E-state index in [-0.39, 0.29) is 0 Å². The average Bonchev–Trinajstić information content (AvgIpc) is 2.61. The van der Waals surface area contributed by atoms with Gasteiger partial charge in [-0.25, -0.2) is 0 Å². The lowest BCUT2D eigenvalue weighted by molar-refractivity contribution is 0.415. The summed E-state index contributed by atoms with van der Waals surface area (Å²) in [6, 6.07) is 5.84. The van der Waals surface area contributed by atoms with Crippen LogP contribution in [-0.2, 0) is 6.42 Å². The quantitative estimate of drug-likeness (QED) is 0.762. The van der Waals surface area contributed by atoms with Crippen LogP contribution in [0.3, 0.4) is 0 Å². The topological polar surface area (TPSA) is 63.9 Å². The second kappa shape index (κ2) is 3.67. The van der Waals surface area contributed by atoms with Crippen molar-refractivity contribution in [2.75, 3.05) is 13.7 Å². The lowest BCUT2D eigenvalue weighted by Crippen LogP contribution is -2.03. The summed E-state index contributed by atoms with van der Waals surface area (Å²) in [5.74, 6) is 0.822. The minimum Gasteiger partial charge on any atom is -0.497 e. The Bertz CT molecular complexity index is 436. The van der Waals surface area contributed by atoms with Gasteiger partial charge in [0.15, 0.2) is 0 Å². The predicted molar refractivity (Wildman–Crippen MR) is 55.4 cm³/mol. The van der Waals surface area contributed by atoms with E-state index in [2.05, 4.69) is 10.2 Å². The predicted octanol–water partition coefficient (Wildman–Crippen LogP) is 1.07. The molecule has 0 aliphatic heterocycles. The van der Waals surface area contributed by atoms with Crippen LogP contribution in [0.5, 0.6) is 5.75 Å². The zero-order valence-corrected chi connectivity index (χ0v) is 8.08. The van der Waals surface area contributed by atoms with E-state index in [9.17, 15) is 0 Å². The fourth-order valence-electron chi connectivity index (χ4n) is 1.51. The van der Waals surface area contributed by atoms with Gasteiger partial charge < -0.3 is 10.5 Å². The monoisotopic (exact) mass is 191 g/mol. The Morgan fingerprint density at radius 1 is 1.50 bits per heavy atom. The summed E-state index contributed by atoms with van der Waals surface area (Å²) >= 11 is 0. The van der Waals surface area contributed by atoms with Gasteiger partial charge in [0, 0.05) is 23.6 Å². The van der Waals surface area contributed by atoms with E-state index in [1.165, 1.54) is 0 Å². The average molecular weight is 191 g/mol. The number of aromatic amines is 1. The highest BCUT2D eigenvalue weighted by Gasteiger charge is 2.04. The van der Waals surface area contributed by atoms with E-state index in [0.717, 1.165) is 28.8 Å². The Morgan fingerprint density at radius 3 is 3.07 bits per heavy atom. The van der Waals surface area contributed by atoms with Crippen molar-refractivity contribution in [1.29, 1.82) is 0 Å². The van der Waals surface area contributed by atoms with Crippen LogP contribution in [0.2, 0.25) is 0 Å². The number of benzene rings is 1. The van der Waals surface area contributed by atoms with Crippen LogP contribution in [0.4, 0.5) is 0 Å². The van der Waals surface area contributed by atoms with Crippen LogP contribution in [0.15, 0.2) is 18.2 Å². The zero-order valence-electron chi connectivity index (χ0n) is 8.08. The molecule has 0 radical (unpaired) electrons. The van der Waals surface area contributed by atoms with Gasteiger partial charge in [-0.2, -0.15) is 5.10 Å². The number of ether oxygens (including phenoxy) is 1. The lowest BCUT2D eigenvalue weighted by atomic mass is 10.1. The number of rotatable bonds is 3. The van der Waals surface area contributed by atoms with Gasteiger partial charge in [-0.15, -0.1) is 0 Å². The van der Waals surface area contributed by atoms with Gasteiger partial charge in [-0.1, -0.05) is 0 Å². The van der Waals surface area contributed by atoms with Gasteiger partial charge in [0.25, 0.3) is 0 Å². The van der Waals surface area contributed by atoms with Gasteiger partial charge in [-0.3, -0.25) is 5.10 Å². The van der Waals surface area contributed by atoms with Gasteiger partial charge in [0.1, 0.15) is 5.75 Å². The number of aromatic nitrogens is 2. The summed E-state index contributed by atoms with van der Waals surface area (Å²) in [6.45, 7) is 0.628. The Morgan fingerprint density at radius 2 is 2.36 bits per heavy atom. The maximum atomic E-state index is 5.49. The normalized spacial score (nSPS) is 10.7. The maximum absolute atomic E-state index is 5.49. The number of methoxy groups -OCH3 is 1. The summed E-state index contributed by atoms with van der Waals surface area (Å²) in [6.07, 6.45) is 0.822. The molecule has 0 amide bonds. The molecule has 1 aromatic carbocycles. The molecule has 0 saturated heterocycles. The van der Waals surface area contributed by atoms with Crippen LogP contribution in [0.25, 0.3) is 10.9 Å². The number of fused-ring (bicyclic) bond motifs is 1. The molecule has 0 bridgehead atoms. The smallest absolute Gasteiger partial charge is 0.121 e. The van der Waals surface area contributed by atoms with Crippen LogP contribution < -0.4 is 10.5 Å². The number of nitrogens with one attached hydrogen (secondary N) is 1. The fourth-order valence-corrected chi connectivity index (χ4v) is 1.51. The third-order valence-corrected chi connectivity index (χ3v) is 2.24. The molecule has 0 saturated carbocycles. The van der Waals surface area contributed by atoms with Gasteiger partial charge in [0.05, 0.1) is 12.6 Å². The molecule has 4 heteroatoms. The van der Waals surface area contributed by atoms with Crippen molar-refractivity contribution in [3.63, 3.8) is 0 Å². The van der Waals surface area contributed by atoms with Crippen molar-refractivity contribution < 1.29 is 4.74 Å². The number of hydrogen-bond donors (Lipinski definition) is 2. The van der Waals surface area contributed by atoms with Crippen LogP contribution in [0, 0.1) is 0 Å². The molecule has 0 aliphatic carbocycles. The van der Waals surface area contributed by atoms with Crippen molar-refractivity contribution in [3.8, 4) is 5.75 Å². The summed E-state index contributed by atoms with van der Waals surface area (Å²) in [5.41, 5.74) is 7.51. The summed E-state index contributed by atoms with van der Waals surface area (Å²) in [7, 11) is 1.65. The first-order valence-corrected chi connectivity index (χ1v) is 4.56. The van der Waals surface area contributed by atoms with Crippen LogP contribution in [0.1, 0.15) is 5.69 Å². The van der Waals surface area contributed by atoms with Gasteiger partial charge in [-0.05, 0) is 18.7 Å². The first kappa shape index (κ1) is 9.02. The molecular formula is C10H13N3O. The van der Waals surface area contributed by atoms with E-state index in [1.54, 1.807) is 7.11 Å². The first-order valence-electron chi connectivity index (χ1n) is 4.56. The standard InChI is InChI=1S/C10H13N3O/c1-14-7-2-3-8-9(4-5-11)12-13-10(8)6-7/h2-3,6H,4-5,11H2,1H3,(H,12,13). The fraction of sp³-hybridized carbons (Fsp3) is 0.300. The molecule has 0 spiro atoms. The van der Waals surface area contributed by atoms with E-state index in [4.69, 9.17) is 10.5 Å². The number of nitrogens with two attached hydrogens (primary N) is 1. The minimum absolute atomic E-state index is 0.628. The van der Waals surface area contributed by atoms with Crippen molar-refractivity contribution in [1.82, 2.24) is 10.2 Å². The highest BCUT2D eigenvalue weighted by molar-refractivity contribution is 5.82. The largest absolute Gasteiger partial charge is 0.497 e. The molecule has 0 unspecified atom stereocenters. The molecular weight excluding hydrogens is 178 g/mol. The Hall–Kier alpha value is -1.55. The molecule has 0 aliphatic rings. The Balaban J connectivity index is 2.48. The molecule has 0 fully saturated rings. The molecule has 14 heavy (non-hydrogen) atoms. The SMILES string of the molecule is COc1ccc2c(CCN)[nH]nc2c1. The van der Waals surface area contributed by atoms with Crippen LogP contribution in [-0.4, -0.2) is 23.9 Å². The molecule has 0 atom stereocenters. The minimum atomic E-state index is 0.628. The van der Waals surface area contributed by atoms with Gasteiger partial charge >= 0.3 is 0 Å². The van der Waals surface area contributed by atoms with Crippen molar-refractivity contribution in [2.45, 2.75) is 6.42 Å². The molecule has 74 valence electrons. The zero-order chi connectivity index (χ0) is 9.97. The second-order valence-corrected chi connectivity index (χ2v) is 3.12. The molecule has 1 aromatic heterocycles.